The number of amides is 1. The number of halogens is 1. The summed E-state index contributed by atoms with van der Waals surface area (Å²) in [7, 11) is 1.57. The number of carbonyl (C=O) groups is 2. The molecule has 5 nitrogen and oxygen atoms in total. The van der Waals surface area contributed by atoms with Gasteiger partial charge in [0.2, 0.25) is 0 Å². The maximum absolute atomic E-state index is 13.9. The molecule has 0 spiro atoms. The van der Waals surface area contributed by atoms with E-state index in [0.29, 0.717) is 25.3 Å². The second-order valence-corrected chi connectivity index (χ2v) is 4.33. The fraction of sp³-hybridized carbons (Fsp3) is 0.333. The molecule has 1 N–H and O–H groups in total. The molecule has 114 valence electrons. The quantitative estimate of drug-likeness (QED) is 0.617. The number of carboxylic acids is 1. The molecular weight excluding hydrogens is 277 g/mol. The average molecular weight is 295 g/mol. The second-order valence-electron chi connectivity index (χ2n) is 4.33. The molecule has 1 rings (SSSR count). The normalized spacial score (nSPS) is 10.8. The summed E-state index contributed by atoms with van der Waals surface area (Å²) in [6, 6.07) is 3.96. The van der Waals surface area contributed by atoms with Gasteiger partial charge in [-0.2, -0.15) is 0 Å². The number of aliphatic carboxylic acids is 1. The summed E-state index contributed by atoms with van der Waals surface area (Å²) in [5.74, 6) is -2.25. The Bertz CT molecular complexity index is 542. The Balaban J connectivity index is 2.79. The predicted octanol–water partition coefficient (Wildman–Crippen LogP) is 2.03. The van der Waals surface area contributed by atoms with Gasteiger partial charge in [-0.15, -0.1) is 0 Å². The second kappa shape index (κ2) is 8.16. The molecule has 0 aromatic heterocycles. The Morgan fingerprint density at radius 3 is 2.71 bits per heavy atom. The third kappa shape index (κ3) is 5.35. The minimum absolute atomic E-state index is 0.0542. The third-order valence-electron chi connectivity index (χ3n) is 2.76. The van der Waals surface area contributed by atoms with Crippen LogP contribution in [0.15, 0.2) is 24.3 Å². The van der Waals surface area contributed by atoms with Crippen molar-refractivity contribution in [1.82, 2.24) is 4.90 Å². The molecule has 0 unspecified atom stereocenters. The summed E-state index contributed by atoms with van der Waals surface area (Å²) < 4.78 is 19.1. The first-order valence-electron chi connectivity index (χ1n) is 6.49. The van der Waals surface area contributed by atoms with Crippen LogP contribution in [0.2, 0.25) is 0 Å². The van der Waals surface area contributed by atoms with E-state index < -0.39 is 17.7 Å². The lowest BCUT2D eigenvalue weighted by Gasteiger charge is -2.17. The highest BCUT2D eigenvalue weighted by molar-refractivity contribution is 5.94. The van der Waals surface area contributed by atoms with Crippen LogP contribution in [0.5, 0.6) is 0 Å². The number of carbonyl (C=O) groups excluding carboxylic acids is 1. The van der Waals surface area contributed by atoms with E-state index in [0.717, 1.165) is 12.1 Å². The zero-order valence-electron chi connectivity index (χ0n) is 12.0. The van der Waals surface area contributed by atoms with Crippen LogP contribution in [0.25, 0.3) is 6.08 Å². The van der Waals surface area contributed by atoms with Crippen LogP contribution >= 0.6 is 0 Å². The van der Waals surface area contributed by atoms with E-state index in [1.54, 1.807) is 7.05 Å². The van der Waals surface area contributed by atoms with E-state index in [1.165, 1.54) is 23.1 Å². The number of rotatable bonds is 7. The van der Waals surface area contributed by atoms with E-state index in [-0.39, 0.29) is 5.56 Å². The lowest BCUT2D eigenvalue weighted by Crippen LogP contribution is -2.30. The van der Waals surface area contributed by atoms with E-state index >= 15 is 0 Å². The minimum atomic E-state index is -1.12. The summed E-state index contributed by atoms with van der Waals surface area (Å²) in [6.07, 6.45) is 2.17. The maximum atomic E-state index is 13.9. The van der Waals surface area contributed by atoms with Crippen LogP contribution in [-0.4, -0.2) is 48.7 Å². The van der Waals surface area contributed by atoms with Gasteiger partial charge in [0.25, 0.3) is 5.91 Å². The Kier molecular flexibility index (Phi) is 6.55. The first-order valence-corrected chi connectivity index (χ1v) is 6.49. The Morgan fingerprint density at radius 1 is 1.43 bits per heavy atom. The molecule has 0 aliphatic rings. The van der Waals surface area contributed by atoms with Crippen molar-refractivity contribution >= 4 is 18.0 Å². The van der Waals surface area contributed by atoms with Crippen molar-refractivity contribution in [2.45, 2.75) is 6.92 Å². The molecule has 0 saturated carbocycles. The lowest BCUT2D eigenvalue weighted by molar-refractivity contribution is -0.131. The third-order valence-corrected chi connectivity index (χ3v) is 2.76. The smallest absolute Gasteiger partial charge is 0.328 e. The van der Waals surface area contributed by atoms with Gasteiger partial charge in [-0.05, 0) is 30.7 Å². The summed E-state index contributed by atoms with van der Waals surface area (Å²) in [5, 5.41) is 8.51. The van der Waals surface area contributed by atoms with Gasteiger partial charge in [-0.3, -0.25) is 4.79 Å². The molecule has 1 aromatic rings. The van der Waals surface area contributed by atoms with Crippen LogP contribution in [-0.2, 0) is 9.53 Å². The topological polar surface area (TPSA) is 66.8 Å². The van der Waals surface area contributed by atoms with Crippen LogP contribution < -0.4 is 0 Å². The standard InChI is InChI=1S/C15H18FNO4/c1-3-21-9-8-17(2)15(20)12-6-4-11(10-13(12)16)5-7-14(18)19/h4-7,10H,3,8-9H2,1-2H3,(H,18,19)/b7-5+. The van der Waals surface area contributed by atoms with Gasteiger partial charge < -0.3 is 14.7 Å². The van der Waals surface area contributed by atoms with Gasteiger partial charge in [-0.1, -0.05) is 6.07 Å². The molecule has 0 fully saturated rings. The van der Waals surface area contributed by atoms with Crippen molar-refractivity contribution in [1.29, 1.82) is 0 Å². The van der Waals surface area contributed by atoms with Crippen LogP contribution in [0.1, 0.15) is 22.8 Å². The zero-order chi connectivity index (χ0) is 15.8. The molecular formula is C15H18FNO4. The number of ether oxygens (including phenoxy) is 1. The van der Waals surface area contributed by atoms with Crippen molar-refractivity contribution in [3.8, 4) is 0 Å². The number of hydrogen-bond donors (Lipinski definition) is 1. The van der Waals surface area contributed by atoms with Crippen molar-refractivity contribution in [3.63, 3.8) is 0 Å². The minimum Gasteiger partial charge on any atom is -0.478 e. The first-order chi connectivity index (χ1) is 9.95. The summed E-state index contributed by atoms with van der Waals surface area (Å²) in [4.78, 5) is 23.8. The molecule has 21 heavy (non-hydrogen) atoms. The Hall–Kier alpha value is -2.21. The maximum Gasteiger partial charge on any atom is 0.328 e. The van der Waals surface area contributed by atoms with Crippen LogP contribution in [0.4, 0.5) is 4.39 Å². The van der Waals surface area contributed by atoms with Gasteiger partial charge in [0.15, 0.2) is 0 Å². The molecule has 0 saturated heterocycles. The van der Waals surface area contributed by atoms with Crippen LogP contribution in [0.3, 0.4) is 0 Å². The predicted molar refractivity (Wildman–Crippen MR) is 76.5 cm³/mol. The molecule has 1 aromatic carbocycles. The van der Waals surface area contributed by atoms with E-state index in [1.807, 2.05) is 6.92 Å². The number of nitrogens with zero attached hydrogens (tertiary/aromatic N) is 1. The highest BCUT2D eigenvalue weighted by atomic mass is 19.1. The Labute approximate surface area is 122 Å². The van der Waals surface area contributed by atoms with Crippen molar-refractivity contribution in [2.24, 2.45) is 0 Å². The highest BCUT2D eigenvalue weighted by Gasteiger charge is 2.16. The summed E-state index contributed by atoms with van der Waals surface area (Å²) in [6.45, 7) is 3.17. The number of benzene rings is 1. The lowest BCUT2D eigenvalue weighted by atomic mass is 10.1. The molecule has 0 aliphatic carbocycles. The SMILES string of the molecule is CCOCCN(C)C(=O)c1ccc(/C=C/C(=O)O)cc1F. The number of carboxylic acid groups (broad SMARTS) is 1. The monoisotopic (exact) mass is 295 g/mol. The molecule has 0 heterocycles. The van der Waals surface area contributed by atoms with E-state index in [4.69, 9.17) is 9.84 Å². The zero-order valence-corrected chi connectivity index (χ0v) is 12.0. The molecule has 1 amide bonds. The molecule has 0 radical (unpaired) electrons. The summed E-state index contributed by atoms with van der Waals surface area (Å²) in [5.41, 5.74) is 0.324. The van der Waals surface area contributed by atoms with E-state index in [9.17, 15) is 14.0 Å². The van der Waals surface area contributed by atoms with Crippen molar-refractivity contribution in [3.05, 3.63) is 41.2 Å². The molecule has 0 bridgehead atoms. The fourth-order valence-electron chi connectivity index (χ4n) is 1.63. The molecule has 0 aliphatic heterocycles. The first kappa shape index (κ1) is 16.8. The average Bonchev–Trinajstić information content (AvgIpc) is 2.44. The number of likely N-dealkylation sites (N-methyl/N-ethyl adjacent to an activating group) is 1. The van der Waals surface area contributed by atoms with Gasteiger partial charge in [-0.25, -0.2) is 9.18 Å². The van der Waals surface area contributed by atoms with Gasteiger partial charge in [0.05, 0.1) is 12.2 Å². The number of hydrogen-bond acceptors (Lipinski definition) is 3. The largest absolute Gasteiger partial charge is 0.478 e. The Morgan fingerprint density at radius 2 is 2.14 bits per heavy atom. The molecule has 6 heteroatoms. The van der Waals surface area contributed by atoms with Gasteiger partial charge in [0, 0.05) is 26.3 Å². The van der Waals surface area contributed by atoms with E-state index in [2.05, 4.69) is 0 Å². The van der Waals surface area contributed by atoms with Gasteiger partial charge >= 0.3 is 5.97 Å². The van der Waals surface area contributed by atoms with Crippen LogP contribution in [0, 0.1) is 5.82 Å². The fourth-order valence-corrected chi connectivity index (χ4v) is 1.63. The highest BCUT2D eigenvalue weighted by Crippen LogP contribution is 2.13. The van der Waals surface area contributed by atoms with Crippen molar-refractivity contribution in [2.75, 3.05) is 26.8 Å². The molecule has 0 atom stereocenters. The van der Waals surface area contributed by atoms with Gasteiger partial charge in [0.1, 0.15) is 5.82 Å². The van der Waals surface area contributed by atoms with Crippen molar-refractivity contribution < 1.29 is 23.8 Å². The summed E-state index contributed by atoms with van der Waals surface area (Å²) >= 11 is 0.